The smallest absolute Gasteiger partial charge is 0.252 e. The summed E-state index contributed by atoms with van der Waals surface area (Å²) in [5.41, 5.74) is 8.28. The number of nitrogen functional groups attached to an aromatic ring is 1. The van der Waals surface area contributed by atoms with E-state index in [1.54, 1.807) is 66.7 Å². The van der Waals surface area contributed by atoms with Gasteiger partial charge in [-0.15, -0.1) is 0 Å². The third kappa shape index (κ3) is 7.45. The van der Waals surface area contributed by atoms with Crippen LogP contribution in [0.4, 0.5) is 5.69 Å². The summed E-state index contributed by atoms with van der Waals surface area (Å²) in [4.78, 5) is 14.9. The average Bonchev–Trinajstić information content (AvgIpc) is 2.89. The fourth-order valence-corrected chi connectivity index (χ4v) is 5.70. The van der Waals surface area contributed by atoms with Crippen LogP contribution in [0.25, 0.3) is 0 Å². The number of carbonyl (C=O) groups excluding carboxylic acids is 1. The van der Waals surface area contributed by atoms with E-state index >= 15 is 0 Å². The molecule has 0 radical (unpaired) electrons. The number of benzene rings is 4. The van der Waals surface area contributed by atoms with Crippen molar-refractivity contribution >= 4 is 39.2 Å². The van der Waals surface area contributed by atoms with Gasteiger partial charge in [0.05, 0.1) is 11.3 Å². The molecular weight excluding hydrogens is 504 g/mol. The number of sulfonamides is 1. The van der Waals surface area contributed by atoms with Gasteiger partial charge in [-0.2, -0.15) is 0 Å². The van der Waals surface area contributed by atoms with Crippen LogP contribution in [-0.4, -0.2) is 20.2 Å². The first-order valence-electron chi connectivity index (χ1n) is 11.4. The summed E-state index contributed by atoms with van der Waals surface area (Å²) < 4.78 is 28.1. The van der Waals surface area contributed by atoms with Crippen molar-refractivity contribution in [1.29, 1.82) is 5.41 Å². The van der Waals surface area contributed by atoms with Gasteiger partial charge in [-0.25, -0.2) is 8.42 Å². The maximum Gasteiger partial charge on any atom is 0.252 e. The molecule has 9 heteroatoms. The van der Waals surface area contributed by atoms with Crippen LogP contribution in [0, 0.1) is 5.41 Å². The van der Waals surface area contributed by atoms with Gasteiger partial charge in [0.1, 0.15) is 5.84 Å². The van der Waals surface area contributed by atoms with E-state index in [0.717, 1.165) is 10.5 Å². The van der Waals surface area contributed by atoms with Gasteiger partial charge in [-0.1, -0.05) is 84.6 Å². The van der Waals surface area contributed by atoms with E-state index in [-0.39, 0.29) is 24.0 Å². The zero-order valence-corrected chi connectivity index (χ0v) is 21.5. The van der Waals surface area contributed by atoms with E-state index in [0.29, 0.717) is 27.3 Å². The monoisotopic (exact) mass is 530 g/mol. The molecular formula is C28H26N4O3S2. The molecule has 1 amide bonds. The number of anilines is 1. The average molecular weight is 531 g/mol. The van der Waals surface area contributed by atoms with E-state index in [9.17, 15) is 13.2 Å². The third-order valence-electron chi connectivity index (χ3n) is 5.39. The SMILES string of the molecule is N=C(N)c1ccc(CNC(=O)c2cc(NS(=O)(=O)Cc3ccccc3)ccc2Sc2ccccc2)cc1. The van der Waals surface area contributed by atoms with Crippen LogP contribution in [0.1, 0.15) is 27.0 Å². The highest BCUT2D eigenvalue weighted by Crippen LogP contribution is 2.32. The Kier molecular flexibility index (Phi) is 8.27. The molecule has 0 saturated carbocycles. The molecule has 0 aliphatic heterocycles. The van der Waals surface area contributed by atoms with Crippen LogP contribution in [0.15, 0.2) is 113 Å². The summed E-state index contributed by atoms with van der Waals surface area (Å²) in [5, 5.41) is 10.4. The zero-order valence-electron chi connectivity index (χ0n) is 19.8. The molecule has 37 heavy (non-hydrogen) atoms. The second kappa shape index (κ2) is 11.8. The Morgan fingerprint density at radius 2 is 1.49 bits per heavy atom. The van der Waals surface area contributed by atoms with Gasteiger partial charge >= 0.3 is 0 Å². The van der Waals surface area contributed by atoms with Crippen molar-refractivity contribution in [2.45, 2.75) is 22.1 Å². The largest absolute Gasteiger partial charge is 0.384 e. The Balaban J connectivity index is 1.56. The summed E-state index contributed by atoms with van der Waals surface area (Å²) in [6.07, 6.45) is 0. The van der Waals surface area contributed by atoms with Gasteiger partial charge in [0, 0.05) is 27.6 Å². The third-order valence-corrected chi connectivity index (χ3v) is 7.73. The molecule has 0 aliphatic carbocycles. The molecule has 0 bridgehead atoms. The number of carbonyl (C=O) groups is 1. The number of amidine groups is 1. The normalized spacial score (nSPS) is 11.0. The Morgan fingerprint density at radius 3 is 2.14 bits per heavy atom. The molecule has 4 rings (SSSR count). The maximum atomic E-state index is 13.3. The predicted molar refractivity (Wildman–Crippen MR) is 148 cm³/mol. The highest BCUT2D eigenvalue weighted by molar-refractivity contribution is 7.99. The van der Waals surface area contributed by atoms with Crippen LogP contribution >= 0.6 is 11.8 Å². The summed E-state index contributed by atoms with van der Waals surface area (Å²) >= 11 is 1.42. The number of amides is 1. The van der Waals surface area contributed by atoms with E-state index < -0.39 is 10.0 Å². The summed E-state index contributed by atoms with van der Waals surface area (Å²) in [7, 11) is -3.68. The van der Waals surface area contributed by atoms with Crippen LogP contribution < -0.4 is 15.8 Å². The Morgan fingerprint density at radius 1 is 0.838 bits per heavy atom. The van der Waals surface area contributed by atoms with Crippen molar-refractivity contribution in [2.75, 3.05) is 4.72 Å². The molecule has 7 nitrogen and oxygen atoms in total. The van der Waals surface area contributed by atoms with Crippen LogP contribution in [0.5, 0.6) is 0 Å². The lowest BCUT2D eigenvalue weighted by atomic mass is 10.1. The first-order chi connectivity index (χ1) is 17.8. The topological polar surface area (TPSA) is 125 Å². The molecule has 4 aromatic rings. The second-order valence-corrected chi connectivity index (χ2v) is 11.1. The summed E-state index contributed by atoms with van der Waals surface area (Å²) in [6, 6.07) is 30.5. The lowest BCUT2D eigenvalue weighted by Crippen LogP contribution is -2.24. The van der Waals surface area contributed by atoms with Crippen LogP contribution in [0.3, 0.4) is 0 Å². The molecule has 0 aliphatic rings. The van der Waals surface area contributed by atoms with Crippen molar-refractivity contribution < 1.29 is 13.2 Å². The van der Waals surface area contributed by atoms with E-state index in [2.05, 4.69) is 10.0 Å². The van der Waals surface area contributed by atoms with Crippen LogP contribution in [0.2, 0.25) is 0 Å². The molecule has 0 spiro atoms. The van der Waals surface area contributed by atoms with E-state index in [1.165, 1.54) is 11.8 Å². The highest BCUT2D eigenvalue weighted by Gasteiger charge is 2.17. The minimum atomic E-state index is -3.68. The lowest BCUT2D eigenvalue weighted by molar-refractivity contribution is 0.0948. The molecule has 0 fully saturated rings. The summed E-state index contributed by atoms with van der Waals surface area (Å²) in [5.74, 6) is -0.533. The van der Waals surface area contributed by atoms with Crippen LogP contribution in [-0.2, 0) is 22.3 Å². The Hall–Kier alpha value is -4.08. The standard InChI is InChI=1S/C28H26N4O3S2/c29-27(30)22-13-11-20(12-14-22)18-31-28(33)25-17-23(15-16-26(25)36-24-9-5-2-6-10-24)32-37(34,35)19-21-7-3-1-4-8-21/h1-17,32H,18-19H2,(H3,29,30)(H,31,33). The number of hydrogen-bond donors (Lipinski definition) is 4. The van der Waals surface area contributed by atoms with Crippen molar-refractivity contribution in [3.8, 4) is 0 Å². The number of nitrogens with two attached hydrogens (primary N) is 1. The first-order valence-corrected chi connectivity index (χ1v) is 13.9. The lowest BCUT2D eigenvalue weighted by Gasteiger charge is -2.14. The van der Waals surface area contributed by atoms with Crippen molar-refractivity contribution in [3.63, 3.8) is 0 Å². The van der Waals surface area contributed by atoms with Gasteiger partial charge in [0.15, 0.2) is 0 Å². The number of hydrogen-bond acceptors (Lipinski definition) is 5. The van der Waals surface area contributed by atoms with Gasteiger partial charge in [0.2, 0.25) is 10.0 Å². The molecule has 4 aromatic carbocycles. The number of rotatable bonds is 10. The van der Waals surface area contributed by atoms with E-state index in [4.69, 9.17) is 11.1 Å². The molecule has 0 atom stereocenters. The van der Waals surface area contributed by atoms with Gasteiger partial charge < -0.3 is 11.1 Å². The van der Waals surface area contributed by atoms with Crippen molar-refractivity contribution in [3.05, 3.63) is 125 Å². The second-order valence-electron chi connectivity index (χ2n) is 8.27. The first kappa shape index (κ1) is 26.0. The molecule has 188 valence electrons. The van der Waals surface area contributed by atoms with Crippen molar-refractivity contribution in [1.82, 2.24) is 5.32 Å². The van der Waals surface area contributed by atoms with Gasteiger partial charge in [0.25, 0.3) is 5.91 Å². The van der Waals surface area contributed by atoms with Gasteiger partial charge in [-0.3, -0.25) is 14.9 Å². The minimum Gasteiger partial charge on any atom is -0.384 e. The molecule has 5 N–H and O–H groups in total. The highest BCUT2D eigenvalue weighted by atomic mass is 32.2. The maximum absolute atomic E-state index is 13.3. The molecule has 0 saturated heterocycles. The van der Waals surface area contributed by atoms with E-state index in [1.807, 2.05) is 36.4 Å². The fraction of sp³-hybridized carbons (Fsp3) is 0.0714. The summed E-state index contributed by atoms with van der Waals surface area (Å²) in [6.45, 7) is 0.260. The Bertz CT molecular complexity index is 1490. The minimum absolute atomic E-state index is 0.0234. The fourth-order valence-electron chi connectivity index (χ4n) is 3.56. The zero-order chi connectivity index (χ0) is 26.3. The predicted octanol–water partition coefficient (Wildman–Crippen LogP) is 4.99. The molecule has 0 heterocycles. The Labute approximate surface area is 220 Å². The molecule has 0 aromatic heterocycles. The van der Waals surface area contributed by atoms with Crippen molar-refractivity contribution in [2.24, 2.45) is 5.73 Å². The van der Waals surface area contributed by atoms with Gasteiger partial charge in [-0.05, 0) is 41.5 Å². The quantitative estimate of drug-likeness (QED) is 0.170. The molecule has 0 unspecified atom stereocenters. The number of nitrogens with one attached hydrogen (secondary N) is 3.